The first-order chi connectivity index (χ1) is 8.09. The largest absolute Gasteiger partial charge is 0.374 e. The topological polar surface area (TPSA) is 29.3 Å². The molecule has 0 aliphatic carbocycles. The number of hydrogen-bond donors (Lipinski definition) is 1. The molecule has 2 unspecified atom stereocenters. The highest BCUT2D eigenvalue weighted by Gasteiger charge is 2.07. The number of hydrogen-bond acceptors (Lipinski definition) is 2. The molecule has 0 aliphatic rings. The first-order valence-corrected chi connectivity index (χ1v) is 6.61. The molecule has 1 rings (SSSR count). The van der Waals surface area contributed by atoms with E-state index in [0.29, 0.717) is 6.04 Å². The van der Waals surface area contributed by atoms with Crippen molar-refractivity contribution in [2.75, 3.05) is 18.5 Å². The molecule has 2 nitrogen and oxygen atoms in total. The average molecular weight is 234 g/mol. The Balaban J connectivity index is 2.28. The molecule has 1 aromatic carbocycles. The average Bonchev–Trinajstić information content (AvgIpc) is 2.29. The van der Waals surface area contributed by atoms with Gasteiger partial charge >= 0.3 is 0 Å². The normalized spacial score (nSPS) is 14.4. The lowest BCUT2D eigenvalue weighted by Gasteiger charge is -2.23. The van der Waals surface area contributed by atoms with Crippen LogP contribution < -0.4 is 10.6 Å². The van der Waals surface area contributed by atoms with Crippen LogP contribution in [0.2, 0.25) is 0 Å². The SMILES string of the molecule is CC(N)CCCC(C)CN(C)c1ccccc1. The van der Waals surface area contributed by atoms with Gasteiger partial charge in [-0.25, -0.2) is 0 Å². The van der Waals surface area contributed by atoms with Gasteiger partial charge in [-0.2, -0.15) is 0 Å². The zero-order valence-corrected chi connectivity index (χ0v) is 11.4. The van der Waals surface area contributed by atoms with Crippen LogP contribution in [0.25, 0.3) is 0 Å². The van der Waals surface area contributed by atoms with E-state index in [1.54, 1.807) is 0 Å². The second-order valence-electron chi connectivity index (χ2n) is 5.23. The van der Waals surface area contributed by atoms with Crippen LogP contribution in [0.4, 0.5) is 5.69 Å². The zero-order valence-electron chi connectivity index (χ0n) is 11.4. The molecular weight excluding hydrogens is 208 g/mol. The Labute approximate surface area is 106 Å². The summed E-state index contributed by atoms with van der Waals surface area (Å²) in [7, 11) is 2.16. The third kappa shape index (κ3) is 5.73. The van der Waals surface area contributed by atoms with Crippen molar-refractivity contribution in [2.45, 2.75) is 39.2 Å². The fourth-order valence-electron chi connectivity index (χ4n) is 2.13. The number of benzene rings is 1. The van der Waals surface area contributed by atoms with Crippen LogP contribution in [-0.2, 0) is 0 Å². The predicted octanol–water partition coefficient (Wildman–Crippen LogP) is 3.28. The summed E-state index contributed by atoms with van der Waals surface area (Å²) in [6.07, 6.45) is 3.64. The Hall–Kier alpha value is -1.02. The molecular formula is C15H26N2. The molecule has 96 valence electrons. The minimum absolute atomic E-state index is 0.342. The third-order valence-corrected chi connectivity index (χ3v) is 3.14. The van der Waals surface area contributed by atoms with Gasteiger partial charge in [-0.15, -0.1) is 0 Å². The molecule has 0 aliphatic heterocycles. The quantitative estimate of drug-likeness (QED) is 0.784. The maximum atomic E-state index is 5.76. The van der Waals surface area contributed by atoms with Gasteiger partial charge in [0, 0.05) is 25.3 Å². The summed E-state index contributed by atoms with van der Waals surface area (Å²) < 4.78 is 0. The minimum atomic E-state index is 0.342. The number of nitrogens with zero attached hydrogens (tertiary/aromatic N) is 1. The predicted molar refractivity (Wildman–Crippen MR) is 76.4 cm³/mol. The van der Waals surface area contributed by atoms with Crippen molar-refractivity contribution in [3.63, 3.8) is 0 Å². The maximum absolute atomic E-state index is 5.76. The molecule has 1 aromatic rings. The minimum Gasteiger partial charge on any atom is -0.374 e. The zero-order chi connectivity index (χ0) is 12.7. The van der Waals surface area contributed by atoms with E-state index in [2.05, 4.69) is 56.1 Å². The fourth-order valence-corrected chi connectivity index (χ4v) is 2.13. The molecule has 0 saturated carbocycles. The lowest BCUT2D eigenvalue weighted by atomic mass is 10.0. The van der Waals surface area contributed by atoms with E-state index in [-0.39, 0.29) is 0 Å². The van der Waals surface area contributed by atoms with E-state index >= 15 is 0 Å². The molecule has 0 aromatic heterocycles. The van der Waals surface area contributed by atoms with Crippen molar-refractivity contribution < 1.29 is 0 Å². The highest BCUT2D eigenvalue weighted by molar-refractivity contribution is 5.44. The van der Waals surface area contributed by atoms with E-state index in [0.717, 1.165) is 18.9 Å². The number of anilines is 1. The smallest absolute Gasteiger partial charge is 0.0363 e. The summed E-state index contributed by atoms with van der Waals surface area (Å²) >= 11 is 0. The van der Waals surface area contributed by atoms with Gasteiger partial charge in [0.1, 0.15) is 0 Å². The molecule has 0 amide bonds. The van der Waals surface area contributed by atoms with Gasteiger partial charge in [0.25, 0.3) is 0 Å². The number of rotatable bonds is 7. The van der Waals surface area contributed by atoms with Gasteiger partial charge < -0.3 is 10.6 Å². The van der Waals surface area contributed by atoms with Crippen molar-refractivity contribution in [1.82, 2.24) is 0 Å². The monoisotopic (exact) mass is 234 g/mol. The van der Waals surface area contributed by atoms with E-state index < -0.39 is 0 Å². The second-order valence-corrected chi connectivity index (χ2v) is 5.23. The number of nitrogens with two attached hydrogens (primary N) is 1. The molecule has 2 heteroatoms. The summed E-state index contributed by atoms with van der Waals surface area (Å²) in [6.45, 7) is 5.52. The first kappa shape index (κ1) is 14.0. The maximum Gasteiger partial charge on any atom is 0.0363 e. The van der Waals surface area contributed by atoms with Gasteiger partial charge in [-0.05, 0) is 37.8 Å². The molecule has 17 heavy (non-hydrogen) atoms. The van der Waals surface area contributed by atoms with Gasteiger partial charge in [-0.1, -0.05) is 31.5 Å². The van der Waals surface area contributed by atoms with E-state index in [9.17, 15) is 0 Å². The van der Waals surface area contributed by atoms with Crippen LogP contribution in [0, 0.1) is 5.92 Å². The summed E-state index contributed by atoms with van der Waals surface area (Å²) in [4.78, 5) is 2.33. The van der Waals surface area contributed by atoms with Crippen LogP contribution in [0.15, 0.2) is 30.3 Å². The standard InChI is InChI=1S/C15H26N2/c1-13(8-7-9-14(2)16)12-17(3)15-10-5-4-6-11-15/h4-6,10-11,13-14H,7-9,12,16H2,1-3H3. The molecule has 2 atom stereocenters. The summed E-state index contributed by atoms with van der Waals surface area (Å²) in [5, 5.41) is 0. The Morgan fingerprint density at radius 2 is 1.76 bits per heavy atom. The van der Waals surface area contributed by atoms with Crippen LogP contribution in [0.3, 0.4) is 0 Å². The lowest BCUT2D eigenvalue weighted by molar-refractivity contribution is 0.481. The molecule has 0 fully saturated rings. The Bertz CT molecular complexity index is 295. The Morgan fingerprint density at radius 1 is 1.12 bits per heavy atom. The lowest BCUT2D eigenvalue weighted by Crippen LogP contribution is -2.24. The highest BCUT2D eigenvalue weighted by Crippen LogP contribution is 2.16. The fraction of sp³-hybridized carbons (Fsp3) is 0.600. The molecule has 2 N–H and O–H groups in total. The van der Waals surface area contributed by atoms with Crippen molar-refractivity contribution in [3.05, 3.63) is 30.3 Å². The molecule has 0 bridgehead atoms. The Kier molecular flexibility index (Phi) is 6.06. The van der Waals surface area contributed by atoms with Crippen LogP contribution in [0.1, 0.15) is 33.1 Å². The summed E-state index contributed by atoms with van der Waals surface area (Å²) in [6, 6.07) is 10.9. The van der Waals surface area contributed by atoms with E-state index in [1.165, 1.54) is 18.5 Å². The molecule has 0 heterocycles. The second kappa shape index (κ2) is 7.33. The van der Waals surface area contributed by atoms with Crippen LogP contribution in [-0.4, -0.2) is 19.6 Å². The van der Waals surface area contributed by atoms with Crippen LogP contribution >= 0.6 is 0 Å². The van der Waals surface area contributed by atoms with Crippen molar-refractivity contribution in [2.24, 2.45) is 11.7 Å². The van der Waals surface area contributed by atoms with Crippen molar-refractivity contribution in [1.29, 1.82) is 0 Å². The number of para-hydroxylation sites is 1. The molecule has 0 saturated heterocycles. The Morgan fingerprint density at radius 3 is 2.35 bits per heavy atom. The van der Waals surface area contributed by atoms with E-state index in [1.807, 2.05) is 0 Å². The molecule has 0 spiro atoms. The van der Waals surface area contributed by atoms with Crippen molar-refractivity contribution in [3.8, 4) is 0 Å². The summed E-state index contributed by atoms with van der Waals surface area (Å²) in [5.74, 6) is 0.721. The van der Waals surface area contributed by atoms with Gasteiger partial charge in [0.05, 0.1) is 0 Å². The first-order valence-electron chi connectivity index (χ1n) is 6.61. The van der Waals surface area contributed by atoms with Gasteiger partial charge in [-0.3, -0.25) is 0 Å². The van der Waals surface area contributed by atoms with Gasteiger partial charge in [0.15, 0.2) is 0 Å². The summed E-state index contributed by atoms with van der Waals surface area (Å²) in [5.41, 5.74) is 7.06. The van der Waals surface area contributed by atoms with E-state index in [4.69, 9.17) is 5.73 Å². The van der Waals surface area contributed by atoms with Crippen molar-refractivity contribution >= 4 is 5.69 Å². The van der Waals surface area contributed by atoms with Crippen LogP contribution in [0.5, 0.6) is 0 Å². The molecule has 0 radical (unpaired) electrons. The third-order valence-electron chi connectivity index (χ3n) is 3.14. The van der Waals surface area contributed by atoms with Gasteiger partial charge in [0.2, 0.25) is 0 Å². The highest BCUT2D eigenvalue weighted by atomic mass is 15.1.